The van der Waals surface area contributed by atoms with Gasteiger partial charge in [0.05, 0.1) is 11.6 Å². The molecule has 0 radical (unpaired) electrons. The summed E-state index contributed by atoms with van der Waals surface area (Å²) in [7, 11) is 0. The standard InChI is InChI=1S/C15H18ClFN2O/c16-12-7-11(5-6-13(12)17)18-8-14(20)19-15(9-1-2-9)10-3-4-10/h5-7,9-10,15,18H,1-4,8H2,(H,19,20). The molecule has 5 heteroatoms. The highest BCUT2D eigenvalue weighted by Gasteiger charge is 2.42. The largest absolute Gasteiger partial charge is 0.376 e. The van der Waals surface area contributed by atoms with E-state index in [1.54, 1.807) is 6.07 Å². The third-order valence-corrected chi connectivity index (χ3v) is 4.25. The van der Waals surface area contributed by atoms with Crippen LogP contribution in [0.3, 0.4) is 0 Å². The molecular weight excluding hydrogens is 279 g/mol. The lowest BCUT2D eigenvalue weighted by Gasteiger charge is -2.18. The predicted molar refractivity (Wildman–Crippen MR) is 77.3 cm³/mol. The summed E-state index contributed by atoms with van der Waals surface area (Å²) in [6.07, 6.45) is 4.95. The highest BCUT2D eigenvalue weighted by molar-refractivity contribution is 6.31. The zero-order valence-corrected chi connectivity index (χ0v) is 11.9. The highest BCUT2D eigenvalue weighted by atomic mass is 35.5. The van der Waals surface area contributed by atoms with E-state index in [0.717, 1.165) is 0 Å². The fourth-order valence-electron chi connectivity index (χ4n) is 2.56. The molecule has 0 atom stereocenters. The van der Waals surface area contributed by atoms with Crippen LogP contribution in [0.5, 0.6) is 0 Å². The minimum atomic E-state index is -0.454. The van der Waals surface area contributed by atoms with Crippen molar-refractivity contribution in [1.29, 1.82) is 0 Å². The number of nitrogens with one attached hydrogen (secondary N) is 2. The van der Waals surface area contributed by atoms with Gasteiger partial charge in [0.1, 0.15) is 5.82 Å². The second-order valence-electron chi connectivity index (χ2n) is 5.75. The first kappa shape index (κ1) is 13.7. The minimum Gasteiger partial charge on any atom is -0.376 e. The first-order valence-corrected chi connectivity index (χ1v) is 7.49. The molecule has 0 aromatic heterocycles. The van der Waals surface area contributed by atoms with Gasteiger partial charge in [0.25, 0.3) is 0 Å². The molecule has 3 nitrogen and oxygen atoms in total. The molecule has 2 N–H and O–H groups in total. The van der Waals surface area contributed by atoms with E-state index in [1.165, 1.54) is 37.8 Å². The van der Waals surface area contributed by atoms with Crippen LogP contribution < -0.4 is 10.6 Å². The third-order valence-electron chi connectivity index (χ3n) is 3.96. The zero-order chi connectivity index (χ0) is 14.1. The topological polar surface area (TPSA) is 41.1 Å². The summed E-state index contributed by atoms with van der Waals surface area (Å²) in [5.41, 5.74) is 0.654. The van der Waals surface area contributed by atoms with Crippen LogP contribution in [0.4, 0.5) is 10.1 Å². The van der Waals surface area contributed by atoms with Gasteiger partial charge < -0.3 is 10.6 Å². The number of hydrogen-bond donors (Lipinski definition) is 2. The smallest absolute Gasteiger partial charge is 0.239 e. The van der Waals surface area contributed by atoms with Crippen molar-refractivity contribution in [2.75, 3.05) is 11.9 Å². The van der Waals surface area contributed by atoms with Crippen LogP contribution in [0.2, 0.25) is 5.02 Å². The van der Waals surface area contributed by atoms with Gasteiger partial charge in [-0.15, -0.1) is 0 Å². The molecule has 2 fully saturated rings. The van der Waals surface area contributed by atoms with E-state index in [9.17, 15) is 9.18 Å². The van der Waals surface area contributed by atoms with Crippen molar-refractivity contribution in [2.45, 2.75) is 31.7 Å². The maximum absolute atomic E-state index is 13.0. The fourth-order valence-corrected chi connectivity index (χ4v) is 2.74. The molecule has 1 amide bonds. The molecule has 2 aliphatic carbocycles. The van der Waals surface area contributed by atoms with Crippen LogP contribution in [-0.2, 0) is 4.79 Å². The predicted octanol–water partition coefficient (Wildman–Crippen LogP) is 3.20. The van der Waals surface area contributed by atoms with Crippen LogP contribution in [0, 0.1) is 17.7 Å². The van der Waals surface area contributed by atoms with Crippen LogP contribution in [0.25, 0.3) is 0 Å². The van der Waals surface area contributed by atoms with Crippen molar-refractivity contribution in [1.82, 2.24) is 5.32 Å². The van der Waals surface area contributed by atoms with Gasteiger partial charge in [0, 0.05) is 11.7 Å². The summed E-state index contributed by atoms with van der Waals surface area (Å²) in [6, 6.07) is 4.72. The van der Waals surface area contributed by atoms with Gasteiger partial charge in [-0.05, 0) is 55.7 Å². The van der Waals surface area contributed by atoms with Crippen molar-refractivity contribution < 1.29 is 9.18 Å². The Balaban J connectivity index is 1.49. The molecule has 20 heavy (non-hydrogen) atoms. The average Bonchev–Trinajstić information content (AvgIpc) is 3.28. The zero-order valence-electron chi connectivity index (χ0n) is 11.2. The molecule has 1 aromatic carbocycles. The molecule has 0 bridgehead atoms. The molecule has 0 spiro atoms. The fraction of sp³-hybridized carbons (Fsp3) is 0.533. The third kappa shape index (κ3) is 3.42. The SMILES string of the molecule is O=C(CNc1ccc(F)c(Cl)c1)NC(C1CC1)C1CC1. The number of benzene rings is 1. The second kappa shape index (κ2) is 5.60. The number of carbonyl (C=O) groups is 1. The Morgan fingerprint density at radius 2 is 1.95 bits per heavy atom. The van der Waals surface area contributed by atoms with Gasteiger partial charge >= 0.3 is 0 Å². The molecule has 1 aromatic rings. The minimum absolute atomic E-state index is 0.00533. The average molecular weight is 297 g/mol. The Morgan fingerprint density at radius 3 is 2.50 bits per heavy atom. The molecule has 2 saturated carbocycles. The van der Waals surface area contributed by atoms with Crippen molar-refractivity contribution in [3.05, 3.63) is 29.0 Å². The van der Waals surface area contributed by atoms with E-state index >= 15 is 0 Å². The van der Waals surface area contributed by atoms with E-state index < -0.39 is 5.82 Å². The summed E-state index contributed by atoms with van der Waals surface area (Å²) in [5, 5.41) is 6.16. The van der Waals surface area contributed by atoms with Gasteiger partial charge in [0.15, 0.2) is 0 Å². The molecule has 2 aliphatic rings. The monoisotopic (exact) mass is 296 g/mol. The summed E-state index contributed by atoms with van der Waals surface area (Å²) in [5.74, 6) is 0.914. The lowest BCUT2D eigenvalue weighted by molar-refractivity contribution is -0.120. The van der Waals surface area contributed by atoms with Crippen LogP contribution >= 0.6 is 11.6 Å². The Kier molecular flexibility index (Phi) is 3.83. The number of anilines is 1. The molecular formula is C15H18ClFN2O. The number of rotatable bonds is 6. The van der Waals surface area contributed by atoms with E-state index in [2.05, 4.69) is 10.6 Å². The number of amides is 1. The van der Waals surface area contributed by atoms with E-state index in [-0.39, 0.29) is 17.5 Å². The molecule has 0 aliphatic heterocycles. The van der Waals surface area contributed by atoms with Crippen molar-refractivity contribution in [3.63, 3.8) is 0 Å². The first-order valence-electron chi connectivity index (χ1n) is 7.12. The quantitative estimate of drug-likeness (QED) is 0.846. The molecule has 3 rings (SSSR count). The van der Waals surface area contributed by atoms with Crippen molar-refractivity contribution in [3.8, 4) is 0 Å². The lowest BCUT2D eigenvalue weighted by atomic mass is 10.1. The van der Waals surface area contributed by atoms with Gasteiger partial charge in [0.2, 0.25) is 5.91 Å². The Hall–Kier alpha value is -1.29. The maximum atomic E-state index is 13.0. The van der Waals surface area contributed by atoms with Gasteiger partial charge in [-0.3, -0.25) is 4.79 Å². The Labute approximate surface area is 122 Å². The van der Waals surface area contributed by atoms with Gasteiger partial charge in [-0.1, -0.05) is 11.6 Å². The van der Waals surface area contributed by atoms with Crippen LogP contribution in [0.1, 0.15) is 25.7 Å². The summed E-state index contributed by atoms with van der Waals surface area (Å²) < 4.78 is 13.0. The van der Waals surface area contributed by atoms with Crippen LogP contribution in [-0.4, -0.2) is 18.5 Å². The number of halogens is 2. The van der Waals surface area contributed by atoms with Crippen LogP contribution in [0.15, 0.2) is 18.2 Å². The van der Waals surface area contributed by atoms with E-state index in [1.807, 2.05) is 0 Å². The lowest BCUT2D eigenvalue weighted by Crippen LogP contribution is -2.41. The molecule has 0 saturated heterocycles. The summed E-state index contributed by atoms with van der Waals surface area (Å²) >= 11 is 5.70. The Bertz CT molecular complexity index is 503. The molecule has 0 heterocycles. The van der Waals surface area contributed by atoms with Gasteiger partial charge in [-0.25, -0.2) is 4.39 Å². The van der Waals surface area contributed by atoms with E-state index in [4.69, 9.17) is 11.6 Å². The van der Waals surface area contributed by atoms with Gasteiger partial charge in [-0.2, -0.15) is 0 Å². The maximum Gasteiger partial charge on any atom is 0.239 e. The second-order valence-corrected chi connectivity index (χ2v) is 6.16. The number of carbonyl (C=O) groups excluding carboxylic acids is 1. The van der Waals surface area contributed by atoms with Crippen molar-refractivity contribution in [2.24, 2.45) is 11.8 Å². The highest BCUT2D eigenvalue weighted by Crippen LogP contribution is 2.44. The summed E-state index contributed by atoms with van der Waals surface area (Å²) in [4.78, 5) is 12.0. The first-order chi connectivity index (χ1) is 9.63. The van der Waals surface area contributed by atoms with E-state index in [0.29, 0.717) is 23.6 Å². The summed E-state index contributed by atoms with van der Waals surface area (Å²) in [6.45, 7) is 0.192. The molecule has 0 unspecified atom stereocenters. The van der Waals surface area contributed by atoms with Crippen molar-refractivity contribution >= 4 is 23.2 Å². The number of hydrogen-bond acceptors (Lipinski definition) is 2. The Morgan fingerprint density at radius 1 is 1.30 bits per heavy atom. The molecule has 108 valence electrons. The normalized spacial score (nSPS) is 18.1.